The molecule has 1 atom stereocenters. The van der Waals surface area contributed by atoms with E-state index in [1.807, 2.05) is 39.8 Å². The Kier molecular flexibility index (Phi) is 7.36. The molecule has 7 nitrogen and oxygen atoms in total. The summed E-state index contributed by atoms with van der Waals surface area (Å²) in [5, 5.41) is 5.43. The van der Waals surface area contributed by atoms with Gasteiger partial charge < -0.3 is 10.6 Å². The highest BCUT2D eigenvalue weighted by Gasteiger charge is 2.30. The molecule has 0 saturated carbocycles. The third-order valence-electron chi connectivity index (χ3n) is 5.82. The Hall–Kier alpha value is -2.71. The van der Waals surface area contributed by atoms with Crippen LogP contribution in [0.25, 0.3) is 0 Å². The van der Waals surface area contributed by atoms with Crippen LogP contribution in [-0.2, 0) is 14.8 Å². The Morgan fingerprint density at radius 3 is 2.25 bits per heavy atom. The predicted octanol–water partition coefficient (Wildman–Crippen LogP) is 3.54. The number of piperidine rings is 1. The third kappa shape index (κ3) is 5.37. The molecular weight excluding hydrogens is 426 g/mol. The number of carbonyl (C=O) groups excluding carboxylic acids is 2. The predicted molar refractivity (Wildman–Crippen MR) is 125 cm³/mol. The van der Waals surface area contributed by atoms with Crippen LogP contribution in [0.3, 0.4) is 0 Å². The van der Waals surface area contributed by atoms with Crippen molar-refractivity contribution in [3.05, 3.63) is 58.7 Å². The second kappa shape index (κ2) is 9.83. The van der Waals surface area contributed by atoms with Crippen LogP contribution >= 0.6 is 0 Å². The highest BCUT2D eigenvalue weighted by atomic mass is 32.2. The molecule has 2 aromatic rings. The fourth-order valence-corrected chi connectivity index (χ4v) is 5.87. The van der Waals surface area contributed by atoms with Crippen molar-refractivity contribution < 1.29 is 18.0 Å². The molecule has 1 fully saturated rings. The summed E-state index contributed by atoms with van der Waals surface area (Å²) in [5.74, 6) is -0.764. The second-order valence-corrected chi connectivity index (χ2v) is 10.4. The Morgan fingerprint density at radius 1 is 1.03 bits per heavy atom. The van der Waals surface area contributed by atoms with Crippen molar-refractivity contribution in [1.29, 1.82) is 0 Å². The van der Waals surface area contributed by atoms with Gasteiger partial charge in [0, 0.05) is 23.8 Å². The lowest BCUT2D eigenvalue weighted by Gasteiger charge is -2.32. The molecule has 1 aliphatic heterocycles. The van der Waals surface area contributed by atoms with Gasteiger partial charge in [0.2, 0.25) is 15.9 Å². The number of carbonyl (C=O) groups is 2. The minimum absolute atomic E-state index is 0.0314. The van der Waals surface area contributed by atoms with Crippen molar-refractivity contribution in [3.8, 4) is 0 Å². The normalized spacial score (nSPS) is 17.1. The van der Waals surface area contributed by atoms with Crippen LogP contribution < -0.4 is 10.6 Å². The first kappa shape index (κ1) is 23.9. The summed E-state index contributed by atoms with van der Waals surface area (Å²) in [6.45, 7) is 8.10. The molecule has 0 radical (unpaired) electrons. The zero-order chi connectivity index (χ0) is 23.5. The number of amides is 2. The molecule has 2 aromatic carbocycles. The van der Waals surface area contributed by atoms with E-state index in [9.17, 15) is 18.0 Å². The number of nitrogens with one attached hydrogen (secondary N) is 2. The smallest absolute Gasteiger partial charge is 0.251 e. The van der Waals surface area contributed by atoms with Gasteiger partial charge in [-0.25, -0.2) is 8.42 Å². The Balaban J connectivity index is 1.61. The lowest BCUT2D eigenvalue weighted by molar-refractivity contribution is -0.115. The van der Waals surface area contributed by atoms with Crippen molar-refractivity contribution >= 4 is 27.5 Å². The van der Waals surface area contributed by atoms with Crippen molar-refractivity contribution in [2.24, 2.45) is 0 Å². The van der Waals surface area contributed by atoms with Crippen LogP contribution in [0, 0.1) is 20.8 Å². The van der Waals surface area contributed by atoms with Crippen LogP contribution in [0.1, 0.15) is 53.2 Å². The first-order valence-corrected chi connectivity index (χ1v) is 12.3. The number of nitrogens with zero attached hydrogens (tertiary/aromatic N) is 1. The monoisotopic (exact) mass is 457 g/mol. The molecule has 0 spiro atoms. The van der Waals surface area contributed by atoms with E-state index < -0.39 is 15.9 Å². The largest absolute Gasteiger partial charge is 0.343 e. The van der Waals surface area contributed by atoms with Gasteiger partial charge in [-0.2, -0.15) is 4.31 Å². The molecule has 0 aromatic heterocycles. The minimum Gasteiger partial charge on any atom is -0.343 e. The first-order chi connectivity index (χ1) is 15.1. The quantitative estimate of drug-likeness (QED) is 0.694. The number of aryl methyl sites for hydroxylation is 3. The maximum absolute atomic E-state index is 12.9. The van der Waals surface area contributed by atoms with E-state index in [4.69, 9.17) is 0 Å². The Labute approximate surface area is 190 Å². The molecule has 0 aliphatic carbocycles. The maximum atomic E-state index is 12.9. The number of hydrogen-bond acceptors (Lipinski definition) is 4. The average Bonchev–Trinajstić information content (AvgIpc) is 2.74. The van der Waals surface area contributed by atoms with E-state index >= 15 is 0 Å². The standard InChI is InChI=1S/C24H31N3O4S/c1-16-13-17(2)23(18(3)14-16)26-22(28)15-25-24(29)20-8-10-21(11-9-20)32(30,31)27-12-6-5-7-19(27)4/h8-11,13-14,19H,5-7,12,15H2,1-4H3,(H,25,29)(H,26,28)/t19-/m1/s1. The van der Waals surface area contributed by atoms with Gasteiger partial charge in [-0.15, -0.1) is 0 Å². The molecule has 32 heavy (non-hydrogen) atoms. The van der Waals surface area contributed by atoms with Crippen LogP contribution in [0.5, 0.6) is 0 Å². The molecule has 1 saturated heterocycles. The fraction of sp³-hybridized carbons (Fsp3) is 0.417. The van der Waals surface area contributed by atoms with Gasteiger partial charge in [-0.05, 0) is 75.9 Å². The third-order valence-corrected chi connectivity index (χ3v) is 7.84. The number of anilines is 1. The number of rotatable bonds is 6. The SMILES string of the molecule is Cc1cc(C)c(NC(=O)CNC(=O)c2ccc(S(=O)(=O)N3CCCC[C@H]3C)cc2)c(C)c1. The molecular formula is C24H31N3O4S. The van der Waals surface area contributed by atoms with Crippen molar-refractivity contribution in [1.82, 2.24) is 9.62 Å². The van der Waals surface area contributed by atoms with Crippen molar-refractivity contribution in [3.63, 3.8) is 0 Å². The highest BCUT2D eigenvalue weighted by Crippen LogP contribution is 2.25. The Morgan fingerprint density at radius 2 is 1.66 bits per heavy atom. The summed E-state index contributed by atoms with van der Waals surface area (Å²) in [4.78, 5) is 24.9. The van der Waals surface area contributed by atoms with Gasteiger partial charge in [0.25, 0.3) is 5.91 Å². The van der Waals surface area contributed by atoms with Crippen LogP contribution in [0.4, 0.5) is 5.69 Å². The van der Waals surface area contributed by atoms with Gasteiger partial charge in [0.05, 0.1) is 11.4 Å². The van der Waals surface area contributed by atoms with Crippen LogP contribution in [-0.4, -0.2) is 43.7 Å². The maximum Gasteiger partial charge on any atom is 0.251 e. The minimum atomic E-state index is -3.59. The van der Waals surface area contributed by atoms with E-state index in [-0.39, 0.29) is 23.4 Å². The Bertz CT molecular complexity index is 1090. The summed E-state index contributed by atoms with van der Waals surface area (Å²) in [5.41, 5.74) is 4.08. The van der Waals surface area contributed by atoms with Gasteiger partial charge in [-0.3, -0.25) is 9.59 Å². The fourth-order valence-electron chi connectivity index (χ4n) is 4.17. The van der Waals surface area contributed by atoms with Gasteiger partial charge >= 0.3 is 0 Å². The second-order valence-electron chi connectivity index (χ2n) is 8.49. The summed E-state index contributed by atoms with van der Waals surface area (Å²) < 4.78 is 27.4. The van der Waals surface area contributed by atoms with Crippen molar-refractivity contribution in [2.45, 2.75) is 57.9 Å². The van der Waals surface area contributed by atoms with Crippen molar-refractivity contribution in [2.75, 3.05) is 18.4 Å². The number of sulfonamides is 1. The van der Waals surface area contributed by atoms with E-state index in [2.05, 4.69) is 10.6 Å². The molecule has 1 heterocycles. The number of hydrogen-bond donors (Lipinski definition) is 2. The zero-order valence-corrected chi connectivity index (χ0v) is 19.9. The summed E-state index contributed by atoms with van der Waals surface area (Å²) in [7, 11) is -3.59. The van der Waals surface area contributed by atoms with Crippen LogP contribution in [0.2, 0.25) is 0 Å². The zero-order valence-electron chi connectivity index (χ0n) is 19.1. The lowest BCUT2D eigenvalue weighted by Crippen LogP contribution is -2.41. The number of benzene rings is 2. The summed E-state index contributed by atoms with van der Waals surface area (Å²) in [6, 6.07) is 9.79. The molecule has 2 amide bonds. The van der Waals surface area contributed by atoms with Gasteiger partial charge in [0.15, 0.2) is 0 Å². The topological polar surface area (TPSA) is 95.6 Å². The van der Waals surface area contributed by atoms with Gasteiger partial charge in [-0.1, -0.05) is 24.1 Å². The van der Waals surface area contributed by atoms with E-state index in [1.54, 1.807) is 0 Å². The lowest BCUT2D eigenvalue weighted by atomic mass is 10.1. The molecule has 8 heteroatoms. The van der Waals surface area contributed by atoms with E-state index in [0.717, 1.165) is 41.6 Å². The molecule has 2 N–H and O–H groups in total. The van der Waals surface area contributed by atoms with Gasteiger partial charge in [0.1, 0.15) is 0 Å². The molecule has 172 valence electrons. The molecule has 3 rings (SSSR count). The highest BCUT2D eigenvalue weighted by molar-refractivity contribution is 7.89. The average molecular weight is 458 g/mol. The first-order valence-electron chi connectivity index (χ1n) is 10.9. The molecule has 0 bridgehead atoms. The van der Waals surface area contributed by atoms with E-state index in [0.29, 0.717) is 12.1 Å². The summed E-state index contributed by atoms with van der Waals surface area (Å²) in [6.07, 6.45) is 2.74. The molecule has 0 unspecified atom stereocenters. The van der Waals surface area contributed by atoms with Crippen LogP contribution in [0.15, 0.2) is 41.3 Å². The summed E-state index contributed by atoms with van der Waals surface area (Å²) >= 11 is 0. The van der Waals surface area contributed by atoms with E-state index in [1.165, 1.54) is 28.6 Å². The molecule has 1 aliphatic rings.